The van der Waals surface area contributed by atoms with Gasteiger partial charge >= 0.3 is 0 Å². The Morgan fingerprint density at radius 2 is 2.12 bits per heavy atom. The van der Waals surface area contributed by atoms with Gasteiger partial charge in [-0.1, -0.05) is 29.8 Å². The van der Waals surface area contributed by atoms with Crippen LogP contribution in [0.2, 0.25) is 0 Å². The second kappa shape index (κ2) is 6.12. The van der Waals surface area contributed by atoms with Crippen LogP contribution in [-0.4, -0.2) is 16.1 Å². The van der Waals surface area contributed by atoms with Crippen molar-refractivity contribution in [1.29, 1.82) is 0 Å². The van der Waals surface area contributed by atoms with Crippen molar-refractivity contribution in [2.75, 3.05) is 0 Å². The third-order valence-corrected chi connectivity index (χ3v) is 2.93. The van der Waals surface area contributed by atoms with Crippen molar-refractivity contribution in [3.63, 3.8) is 0 Å². The lowest BCUT2D eigenvalue weighted by molar-refractivity contribution is -0.385. The molecule has 0 aliphatic rings. The number of nitro groups is 1. The van der Waals surface area contributed by atoms with Gasteiger partial charge in [-0.2, -0.15) is 0 Å². The molecule has 0 heterocycles. The number of rotatable bonds is 5. The maximum atomic E-state index is 10.8. The van der Waals surface area contributed by atoms with Crippen LogP contribution in [0.1, 0.15) is 25.8 Å². The molecule has 0 saturated heterocycles. The molecule has 0 fully saturated rings. The van der Waals surface area contributed by atoms with Crippen molar-refractivity contribution in [2.45, 2.75) is 32.8 Å². The lowest BCUT2D eigenvalue weighted by Crippen LogP contribution is -2.14. The molecule has 0 amide bonds. The Balaban J connectivity index is 2.88. The maximum absolute atomic E-state index is 10.8. The van der Waals surface area contributed by atoms with E-state index in [-0.39, 0.29) is 5.69 Å². The van der Waals surface area contributed by atoms with Crippen LogP contribution in [0.15, 0.2) is 22.7 Å². The van der Waals surface area contributed by atoms with E-state index in [1.807, 2.05) is 13.8 Å². The molecule has 0 aromatic heterocycles. The molecule has 1 aromatic rings. The molecule has 1 atom stereocenters. The van der Waals surface area contributed by atoms with Gasteiger partial charge in [-0.25, -0.2) is 0 Å². The Morgan fingerprint density at radius 3 is 2.65 bits per heavy atom. The molecule has 94 valence electrons. The van der Waals surface area contributed by atoms with Gasteiger partial charge in [0, 0.05) is 22.5 Å². The fraction of sp³-hybridized carbons (Fsp3) is 0.500. The molecule has 0 bridgehead atoms. The summed E-state index contributed by atoms with van der Waals surface area (Å²) in [6.45, 7) is 4.02. The molecule has 0 spiro atoms. The van der Waals surface area contributed by atoms with Crippen molar-refractivity contribution in [3.05, 3.63) is 38.3 Å². The minimum absolute atomic E-state index is 0.0657. The van der Waals surface area contributed by atoms with Crippen LogP contribution in [0.3, 0.4) is 0 Å². The summed E-state index contributed by atoms with van der Waals surface area (Å²) in [6, 6.07) is 4.79. The van der Waals surface area contributed by atoms with Crippen LogP contribution >= 0.6 is 15.9 Å². The lowest BCUT2D eigenvalue weighted by atomic mass is 9.99. The summed E-state index contributed by atoms with van der Waals surface area (Å²) < 4.78 is 0.787. The molecule has 0 saturated carbocycles. The maximum Gasteiger partial charge on any atom is 0.272 e. The number of aliphatic hydroxyl groups is 1. The van der Waals surface area contributed by atoms with E-state index in [2.05, 4.69) is 15.9 Å². The predicted molar refractivity (Wildman–Crippen MR) is 70.0 cm³/mol. The minimum atomic E-state index is -0.539. The Morgan fingerprint density at radius 1 is 1.47 bits per heavy atom. The predicted octanol–water partition coefficient (Wildman–Crippen LogP) is 3.31. The summed E-state index contributed by atoms with van der Waals surface area (Å²) in [6.07, 6.45) is 0.417. The molecule has 1 aromatic carbocycles. The quantitative estimate of drug-likeness (QED) is 0.670. The first-order valence-electron chi connectivity index (χ1n) is 5.51. The molecule has 1 rings (SSSR count). The third kappa shape index (κ3) is 4.44. The highest BCUT2D eigenvalue weighted by atomic mass is 79.9. The smallest absolute Gasteiger partial charge is 0.272 e. The highest BCUT2D eigenvalue weighted by Gasteiger charge is 2.17. The summed E-state index contributed by atoms with van der Waals surface area (Å²) >= 11 is 3.28. The Kier molecular flexibility index (Phi) is 5.08. The van der Waals surface area contributed by atoms with E-state index in [9.17, 15) is 15.2 Å². The summed E-state index contributed by atoms with van der Waals surface area (Å²) in [5.74, 6) is 0.371. The van der Waals surface area contributed by atoms with Gasteiger partial charge in [0.1, 0.15) is 0 Å². The van der Waals surface area contributed by atoms with Crippen LogP contribution in [0.5, 0.6) is 0 Å². The van der Waals surface area contributed by atoms with Crippen LogP contribution in [0, 0.1) is 16.0 Å². The Labute approximate surface area is 109 Å². The zero-order valence-corrected chi connectivity index (χ0v) is 11.5. The first kappa shape index (κ1) is 14.1. The van der Waals surface area contributed by atoms with E-state index >= 15 is 0 Å². The molecule has 1 unspecified atom stereocenters. The number of halogens is 1. The van der Waals surface area contributed by atoms with Gasteiger partial charge in [0.05, 0.1) is 11.0 Å². The van der Waals surface area contributed by atoms with Gasteiger partial charge in [-0.15, -0.1) is 0 Å². The van der Waals surface area contributed by atoms with Crippen molar-refractivity contribution in [3.8, 4) is 0 Å². The van der Waals surface area contributed by atoms with Crippen molar-refractivity contribution in [2.24, 2.45) is 5.92 Å². The molecular weight excluding hydrogens is 286 g/mol. The molecule has 0 radical (unpaired) electrons. The van der Waals surface area contributed by atoms with Gasteiger partial charge in [0.25, 0.3) is 5.69 Å². The molecule has 5 heteroatoms. The monoisotopic (exact) mass is 301 g/mol. The molecule has 1 N–H and O–H groups in total. The van der Waals surface area contributed by atoms with Gasteiger partial charge in [-0.3, -0.25) is 10.1 Å². The minimum Gasteiger partial charge on any atom is -0.393 e. The van der Waals surface area contributed by atoms with Gasteiger partial charge in [-0.05, 0) is 24.5 Å². The SMILES string of the molecule is CC(C)CC(O)Cc1cc(Br)ccc1[N+](=O)[O-]. The fourth-order valence-corrected chi connectivity index (χ4v) is 2.19. The van der Waals surface area contributed by atoms with E-state index < -0.39 is 11.0 Å². The summed E-state index contributed by atoms with van der Waals surface area (Å²) in [7, 11) is 0. The molecule has 0 aliphatic carbocycles. The van der Waals surface area contributed by atoms with E-state index in [0.717, 1.165) is 4.47 Å². The van der Waals surface area contributed by atoms with Gasteiger partial charge < -0.3 is 5.11 Å². The highest BCUT2D eigenvalue weighted by Crippen LogP contribution is 2.25. The van der Waals surface area contributed by atoms with Crippen molar-refractivity contribution in [1.82, 2.24) is 0 Å². The first-order chi connectivity index (χ1) is 7.90. The summed E-state index contributed by atoms with van der Waals surface area (Å²) in [5.41, 5.74) is 0.633. The fourth-order valence-electron chi connectivity index (χ4n) is 1.78. The summed E-state index contributed by atoms with van der Waals surface area (Å²) in [5, 5.41) is 20.7. The number of hydrogen-bond donors (Lipinski definition) is 1. The van der Waals surface area contributed by atoms with Crippen molar-refractivity contribution < 1.29 is 10.0 Å². The zero-order chi connectivity index (χ0) is 13.0. The van der Waals surface area contributed by atoms with Crippen LogP contribution in [-0.2, 0) is 6.42 Å². The average molecular weight is 302 g/mol. The third-order valence-electron chi connectivity index (χ3n) is 2.44. The number of nitrogens with zero attached hydrogens (tertiary/aromatic N) is 1. The highest BCUT2D eigenvalue weighted by molar-refractivity contribution is 9.10. The Hall–Kier alpha value is -0.940. The molecule has 4 nitrogen and oxygen atoms in total. The van der Waals surface area contributed by atoms with E-state index in [1.165, 1.54) is 6.07 Å². The summed E-state index contributed by atoms with van der Waals surface area (Å²) in [4.78, 5) is 10.4. The number of hydrogen-bond acceptors (Lipinski definition) is 3. The standard InChI is InChI=1S/C12H16BrNO3/c1-8(2)5-11(15)7-9-6-10(13)3-4-12(9)14(16)17/h3-4,6,8,11,15H,5,7H2,1-2H3. The molecule has 17 heavy (non-hydrogen) atoms. The van der Waals surface area contributed by atoms with E-state index in [0.29, 0.717) is 24.3 Å². The Bertz CT molecular complexity index is 407. The molecule has 0 aliphatic heterocycles. The number of aliphatic hydroxyl groups excluding tert-OH is 1. The largest absolute Gasteiger partial charge is 0.393 e. The number of nitro benzene ring substituents is 1. The lowest BCUT2D eigenvalue weighted by Gasteiger charge is -2.13. The second-order valence-corrected chi connectivity index (χ2v) is 5.43. The van der Waals surface area contributed by atoms with Crippen LogP contribution < -0.4 is 0 Å². The van der Waals surface area contributed by atoms with Crippen molar-refractivity contribution >= 4 is 21.6 Å². The molecular formula is C12H16BrNO3. The topological polar surface area (TPSA) is 63.4 Å². The van der Waals surface area contributed by atoms with E-state index in [4.69, 9.17) is 0 Å². The second-order valence-electron chi connectivity index (χ2n) is 4.52. The van der Waals surface area contributed by atoms with E-state index in [1.54, 1.807) is 12.1 Å². The zero-order valence-electron chi connectivity index (χ0n) is 9.89. The number of benzene rings is 1. The van der Waals surface area contributed by atoms with Crippen LogP contribution in [0.25, 0.3) is 0 Å². The first-order valence-corrected chi connectivity index (χ1v) is 6.30. The van der Waals surface area contributed by atoms with Gasteiger partial charge in [0.15, 0.2) is 0 Å². The van der Waals surface area contributed by atoms with Crippen LogP contribution in [0.4, 0.5) is 5.69 Å². The average Bonchev–Trinajstić information content (AvgIpc) is 2.15. The normalized spacial score (nSPS) is 12.8. The van der Waals surface area contributed by atoms with Gasteiger partial charge in [0.2, 0.25) is 0 Å².